The van der Waals surface area contributed by atoms with Gasteiger partial charge in [0, 0.05) is 30.9 Å². The van der Waals surface area contributed by atoms with Crippen LogP contribution in [0.3, 0.4) is 0 Å². The molecule has 0 spiro atoms. The van der Waals surface area contributed by atoms with Crippen LogP contribution >= 0.6 is 0 Å². The second-order valence-corrected chi connectivity index (χ2v) is 7.75. The molecule has 0 aliphatic carbocycles. The molecule has 11 heteroatoms. The molecule has 1 saturated heterocycles. The minimum atomic E-state index is -0.749. The SMILES string of the molecule is CCOc1cc(C(=O)OCC(=O)Nc2ccc([N+](=O)[O-])cc2)ccc1OCC(=O)N1CCCCC1. The van der Waals surface area contributed by atoms with Gasteiger partial charge in [0.15, 0.2) is 24.7 Å². The van der Waals surface area contributed by atoms with Gasteiger partial charge in [-0.1, -0.05) is 0 Å². The van der Waals surface area contributed by atoms with Crippen LogP contribution in [-0.2, 0) is 14.3 Å². The summed E-state index contributed by atoms with van der Waals surface area (Å²) >= 11 is 0. The number of nitrogens with zero attached hydrogens (tertiary/aromatic N) is 2. The van der Waals surface area contributed by atoms with Gasteiger partial charge < -0.3 is 24.4 Å². The number of likely N-dealkylation sites (tertiary alicyclic amines) is 1. The number of non-ortho nitro benzene ring substituents is 1. The summed E-state index contributed by atoms with van der Waals surface area (Å²) in [6.07, 6.45) is 3.09. The van der Waals surface area contributed by atoms with Crippen LogP contribution in [0.2, 0.25) is 0 Å². The third-order valence-corrected chi connectivity index (χ3v) is 5.24. The van der Waals surface area contributed by atoms with Crippen molar-refractivity contribution in [3.63, 3.8) is 0 Å². The fraction of sp³-hybridized carbons (Fsp3) is 0.375. The third-order valence-electron chi connectivity index (χ3n) is 5.24. The lowest BCUT2D eigenvalue weighted by Gasteiger charge is -2.26. The molecular weight excluding hydrogens is 458 g/mol. The summed E-state index contributed by atoms with van der Waals surface area (Å²) in [6, 6.07) is 9.66. The van der Waals surface area contributed by atoms with E-state index in [1.165, 1.54) is 42.5 Å². The molecule has 2 amide bonds. The van der Waals surface area contributed by atoms with Crippen LogP contribution < -0.4 is 14.8 Å². The highest BCUT2D eigenvalue weighted by atomic mass is 16.6. The minimum absolute atomic E-state index is 0.102. The molecule has 0 saturated carbocycles. The summed E-state index contributed by atoms with van der Waals surface area (Å²) in [4.78, 5) is 48.8. The zero-order chi connectivity index (χ0) is 25.2. The van der Waals surface area contributed by atoms with Crippen molar-refractivity contribution in [1.29, 1.82) is 0 Å². The first-order valence-corrected chi connectivity index (χ1v) is 11.3. The number of nitrogens with one attached hydrogen (secondary N) is 1. The van der Waals surface area contributed by atoms with Gasteiger partial charge in [-0.15, -0.1) is 0 Å². The smallest absolute Gasteiger partial charge is 0.338 e. The van der Waals surface area contributed by atoms with Gasteiger partial charge in [-0.25, -0.2) is 4.79 Å². The van der Waals surface area contributed by atoms with Crippen molar-refractivity contribution in [2.24, 2.45) is 0 Å². The standard InChI is InChI=1S/C24H27N3O8/c1-2-33-21-14-17(6-11-20(21)34-16-23(29)26-12-4-3-5-13-26)24(30)35-15-22(28)25-18-7-9-19(10-8-18)27(31)32/h6-11,14H,2-5,12-13,15-16H2,1H3,(H,25,28). The number of ether oxygens (including phenoxy) is 3. The van der Waals surface area contributed by atoms with Crippen LogP contribution in [0.5, 0.6) is 11.5 Å². The van der Waals surface area contributed by atoms with E-state index in [4.69, 9.17) is 14.2 Å². The van der Waals surface area contributed by atoms with Crippen LogP contribution in [0.4, 0.5) is 11.4 Å². The van der Waals surface area contributed by atoms with Gasteiger partial charge in [0.2, 0.25) is 0 Å². The zero-order valence-corrected chi connectivity index (χ0v) is 19.4. The third kappa shape index (κ3) is 7.42. The van der Waals surface area contributed by atoms with Crippen molar-refractivity contribution in [3.8, 4) is 11.5 Å². The van der Waals surface area contributed by atoms with Gasteiger partial charge in [-0.2, -0.15) is 0 Å². The first-order valence-electron chi connectivity index (χ1n) is 11.3. The second-order valence-electron chi connectivity index (χ2n) is 7.75. The number of amides is 2. The first-order chi connectivity index (χ1) is 16.9. The predicted octanol–water partition coefficient (Wildman–Crippen LogP) is 3.18. The molecule has 1 heterocycles. The Morgan fingerprint density at radius 1 is 0.971 bits per heavy atom. The molecule has 2 aromatic rings. The second kappa shape index (κ2) is 12.4. The number of hydrogen-bond donors (Lipinski definition) is 1. The maximum Gasteiger partial charge on any atom is 0.338 e. The number of anilines is 1. The first kappa shape index (κ1) is 25.5. The molecule has 35 heavy (non-hydrogen) atoms. The highest BCUT2D eigenvalue weighted by molar-refractivity contribution is 5.95. The number of rotatable bonds is 10. The van der Waals surface area contributed by atoms with Crippen LogP contribution in [0.1, 0.15) is 36.5 Å². The van der Waals surface area contributed by atoms with E-state index >= 15 is 0 Å². The lowest BCUT2D eigenvalue weighted by atomic mass is 10.1. The quantitative estimate of drug-likeness (QED) is 0.308. The zero-order valence-electron chi connectivity index (χ0n) is 19.4. The van der Waals surface area contributed by atoms with E-state index in [2.05, 4.69) is 5.32 Å². The van der Waals surface area contributed by atoms with E-state index in [0.717, 1.165) is 32.4 Å². The van der Waals surface area contributed by atoms with Gasteiger partial charge in [-0.3, -0.25) is 19.7 Å². The topological polar surface area (TPSA) is 137 Å². The molecule has 0 aromatic heterocycles. The summed E-state index contributed by atoms with van der Waals surface area (Å²) in [5, 5.41) is 13.2. The highest BCUT2D eigenvalue weighted by Crippen LogP contribution is 2.29. The monoisotopic (exact) mass is 485 g/mol. The van der Waals surface area contributed by atoms with Crippen LogP contribution in [0.15, 0.2) is 42.5 Å². The molecule has 186 valence electrons. The number of esters is 1. The molecule has 1 aliphatic heterocycles. The van der Waals surface area contributed by atoms with E-state index in [1.54, 1.807) is 11.8 Å². The number of hydrogen-bond acceptors (Lipinski definition) is 8. The molecule has 0 radical (unpaired) electrons. The normalized spacial score (nSPS) is 13.0. The average molecular weight is 485 g/mol. The van der Waals surface area contributed by atoms with E-state index in [1.807, 2.05) is 0 Å². The molecule has 1 aliphatic rings. The van der Waals surface area contributed by atoms with Gasteiger partial charge in [0.05, 0.1) is 17.1 Å². The summed E-state index contributed by atoms with van der Waals surface area (Å²) in [6.45, 7) is 2.85. The van der Waals surface area contributed by atoms with E-state index in [0.29, 0.717) is 18.0 Å². The summed E-state index contributed by atoms with van der Waals surface area (Å²) in [7, 11) is 0. The molecule has 0 bridgehead atoms. The summed E-state index contributed by atoms with van der Waals surface area (Å²) in [5.41, 5.74) is 0.366. The number of carbonyl (C=O) groups is 3. The van der Waals surface area contributed by atoms with Crippen molar-refractivity contribution in [2.45, 2.75) is 26.2 Å². The molecule has 1 N–H and O–H groups in total. The van der Waals surface area contributed by atoms with Crippen LogP contribution in [0, 0.1) is 10.1 Å². The summed E-state index contributed by atoms with van der Waals surface area (Å²) < 4.78 is 16.3. The van der Waals surface area contributed by atoms with Crippen molar-refractivity contribution >= 4 is 29.2 Å². The lowest BCUT2D eigenvalue weighted by molar-refractivity contribution is -0.384. The van der Waals surface area contributed by atoms with Crippen LogP contribution in [0.25, 0.3) is 0 Å². The Bertz CT molecular complexity index is 1060. The molecule has 0 atom stereocenters. The molecular formula is C24H27N3O8. The largest absolute Gasteiger partial charge is 0.490 e. The Balaban J connectivity index is 1.54. The Morgan fingerprint density at radius 2 is 1.69 bits per heavy atom. The maximum atomic E-state index is 12.4. The number of nitro groups is 1. The Morgan fingerprint density at radius 3 is 2.34 bits per heavy atom. The Hall–Kier alpha value is -4.15. The predicted molar refractivity (Wildman–Crippen MR) is 126 cm³/mol. The highest BCUT2D eigenvalue weighted by Gasteiger charge is 2.19. The Labute approximate surface area is 202 Å². The fourth-order valence-electron chi connectivity index (χ4n) is 3.47. The molecule has 3 rings (SSSR count). The number of nitro benzene ring substituents is 1. The Kier molecular flexibility index (Phi) is 8.99. The van der Waals surface area contributed by atoms with Gasteiger partial charge in [-0.05, 0) is 56.5 Å². The van der Waals surface area contributed by atoms with Gasteiger partial charge >= 0.3 is 5.97 Å². The number of piperidine rings is 1. The van der Waals surface area contributed by atoms with Crippen LogP contribution in [-0.4, -0.2) is 60.5 Å². The molecule has 0 unspecified atom stereocenters. The van der Waals surface area contributed by atoms with Crippen molar-refractivity contribution in [3.05, 3.63) is 58.1 Å². The fourth-order valence-corrected chi connectivity index (χ4v) is 3.47. The molecule has 2 aromatic carbocycles. The average Bonchev–Trinajstić information content (AvgIpc) is 2.87. The van der Waals surface area contributed by atoms with Crippen molar-refractivity contribution in [1.82, 2.24) is 4.90 Å². The van der Waals surface area contributed by atoms with Crippen molar-refractivity contribution in [2.75, 3.05) is 38.2 Å². The molecule has 11 nitrogen and oxygen atoms in total. The van der Waals surface area contributed by atoms with Crippen molar-refractivity contribution < 1.29 is 33.5 Å². The molecule has 1 fully saturated rings. The number of benzene rings is 2. The summed E-state index contributed by atoms with van der Waals surface area (Å²) in [5.74, 6) is -0.850. The minimum Gasteiger partial charge on any atom is -0.490 e. The van der Waals surface area contributed by atoms with E-state index < -0.39 is 23.4 Å². The van der Waals surface area contributed by atoms with E-state index in [9.17, 15) is 24.5 Å². The maximum absolute atomic E-state index is 12.4. The van der Waals surface area contributed by atoms with Gasteiger partial charge in [0.1, 0.15) is 0 Å². The number of carbonyl (C=O) groups excluding carboxylic acids is 3. The van der Waals surface area contributed by atoms with Gasteiger partial charge in [0.25, 0.3) is 17.5 Å². The lowest BCUT2D eigenvalue weighted by Crippen LogP contribution is -2.38. The van der Waals surface area contributed by atoms with E-state index in [-0.39, 0.29) is 29.5 Å².